The van der Waals surface area contributed by atoms with E-state index in [2.05, 4.69) is 163 Å². The second-order valence-electron chi connectivity index (χ2n) is 12.5. The average Bonchev–Trinajstić information content (AvgIpc) is 3.76. The standard InChI is InChI=1S/C46H29NO2/c1-2-10-30(11-3-1)31-20-22-32(23-21-31)33-24-27-35(28-25-33)47(41-17-8-15-38-37-14-6-7-19-43(37)48-45(38)41)42-18-9-16-39-40-29-26-34-12-4-5-13-36(34)44(40)49-46(39)42/h1-29H. The molecule has 0 radical (unpaired) electrons. The van der Waals surface area contributed by atoms with Gasteiger partial charge >= 0.3 is 0 Å². The van der Waals surface area contributed by atoms with Gasteiger partial charge in [0.25, 0.3) is 0 Å². The highest BCUT2D eigenvalue weighted by molar-refractivity contribution is 6.18. The Morgan fingerprint density at radius 2 is 0.816 bits per heavy atom. The summed E-state index contributed by atoms with van der Waals surface area (Å²) in [6, 6.07) is 61.9. The summed E-state index contributed by atoms with van der Waals surface area (Å²) in [5.41, 5.74) is 11.1. The van der Waals surface area contributed by atoms with Crippen LogP contribution in [0.2, 0.25) is 0 Å². The van der Waals surface area contributed by atoms with Crippen LogP contribution in [0.4, 0.5) is 17.1 Å². The lowest BCUT2D eigenvalue weighted by atomic mass is 10.00. The lowest BCUT2D eigenvalue weighted by Gasteiger charge is -2.25. The zero-order valence-corrected chi connectivity index (χ0v) is 26.5. The molecular weight excluding hydrogens is 599 g/mol. The second kappa shape index (κ2) is 11.0. The van der Waals surface area contributed by atoms with E-state index >= 15 is 0 Å². The summed E-state index contributed by atoms with van der Waals surface area (Å²) in [4.78, 5) is 2.28. The number of fused-ring (bicyclic) bond motifs is 8. The summed E-state index contributed by atoms with van der Waals surface area (Å²) < 4.78 is 13.5. The van der Waals surface area contributed by atoms with Crippen molar-refractivity contribution in [2.45, 2.75) is 0 Å². The Kier molecular flexibility index (Phi) is 6.18. The van der Waals surface area contributed by atoms with E-state index in [4.69, 9.17) is 8.83 Å². The molecule has 3 heteroatoms. The normalized spacial score (nSPS) is 11.7. The molecule has 2 aromatic heterocycles. The predicted octanol–water partition coefficient (Wildman–Crippen LogP) is 13.4. The molecule has 3 nitrogen and oxygen atoms in total. The summed E-state index contributed by atoms with van der Waals surface area (Å²) in [5, 5.41) is 6.63. The summed E-state index contributed by atoms with van der Waals surface area (Å²) in [5.74, 6) is 0. The lowest BCUT2D eigenvalue weighted by Crippen LogP contribution is -2.10. The molecule has 0 unspecified atom stereocenters. The van der Waals surface area contributed by atoms with Gasteiger partial charge in [0.1, 0.15) is 11.2 Å². The summed E-state index contributed by atoms with van der Waals surface area (Å²) in [6.07, 6.45) is 0. The smallest absolute Gasteiger partial charge is 0.159 e. The first-order valence-electron chi connectivity index (χ1n) is 16.6. The van der Waals surface area contributed by atoms with E-state index in [1.165, 1.54) is 16.7 Å². The summed E-state index contributed by atoms with van der Waals surface area (Å²) in [7, 11) is 0. The maximum atomic E-state index is 6.86. The molecule has 0 bridgehead atoms. The van der Waals surface area contributed by atoms with Gasteiger partial charge in [-0.3, -0.25) is 0 Å². The average molecular weight is 628 g/mol. The molecule has 10 rings (SSSR count). The van der Waals surface area contributed by atoms with E-state index in [0.29, 0.717) is 0 Å². The number of anilines is 3. The van der Waals surface area contributed by atoms with Crippen LogP contribution in [0.5, 0.6) is 0 Å². The molecule has 0 aliphatic heterocycles. The van der Waals surface area contributed by atoms with Crippen LogP contribution in [0, 0.1) is 0 Å². The largest absolute Gasteiger partial charge is 0.454 e. The van der Waals surface area contributed by atoms with Crippen molar-refractivity contribution in [1.82, 2.24) is 0 Å². The van der Waals surface area contributed by atoms with Crippen molar-refractivity contribution in [2.24, 2.45) is 0 Å². The molecule has 230 valence electrons. The molecule has 0 fully saturated rings. The number of rotatable bonds is 5. The van der Waals surface area contributed by atoms with Gasteiger partial charge in [-0.15, -0.1) is 0 Å². The van der Waals surface area contributed by atoms with Gasteiger partial charge in [-0.05, 0) is 64.0 Å². The van der Waals surface area contributed by atoms with Crippen LogP contribution >= 0.6 is 0 Å². The van der Waals surface area contributed by atoms with Crippen LogP contribution in [0.25, 0.3) is 76.9 Å². The van der Waals surface area contributed by atoms with Crippen molar-refractivity contribution >= 4 is 71.7 Å². The molecule has 0 atom stereocenters. The van der Waals surface area contributed by atoms with E-state index in [1.807, 2.05) is 18.2 Å². The van der Waals surface area contributed by atoms with Crippen LogP contribution in [-0.2, 0) is 0 Å². The van der Waals surface area contributed by atoms with Crippen LogP contribution < -0.4 is 4.90 Å². The Labute approximate surface area is 282 Å². The van der Waals surface area contributed by atoms with E-state index < -0.39 is 0 Å². The van der Waals surface area contributed by atoms with Gasteiger partial charge in [-0.1, -0.05) is 140 Å². The highest BCUT2D eigenvalue weighted by Gasteiger charge is 2.23. The fraction of sp³-hybridized carbons (Fsp3) is 0. The summed E-state index contributed by atoms with van der Waals surface area (Å²) >= 11 is 0. The van der Waals surface area contributed by atoms with Crippen molar-refractivity contribution in [3.63, 3.8) is 0 Å². The second-order valence-corrected chi connectivity index (χ2v) is 12.5. The first-order valence-corrected chi connectivity index (χ1v) is 16.6. The third-order valence-corrected chi connectivity index (χ3v) is 9.68. The molecule has 0 N–H and O–H groups in total. The number of nitrogens with zero attached hydrogens (tertiary/aromatic N) is 1. The molecule has 0 aliphatic rings. The van der Waals surface area contributed by atoms with Crippen LogP contribution in [-0.4, -0.2) is 0 Å². The van der Waals surface area contributed by atoms with Gasteiger partial charge < -0.3 is 13.7 Å². The molecule has 0 amide bonds. The van der Waals surface area contributed by atoms with Crippen molar-refractivity contribution in [3.05, 3.63) is 176 Å². The maximum absolute atomic E-state index is 6.86. The highest BCUT2D eigenvalue weighted by atomic mass is 16.3. The fourth-order valence-electron chi connectivity index (χ4n) is 7.29. The third kappa shape index (κ3) is 4.44. The number of furan rings is 2. The Morgan fingerprint density at radius 1 is 0.306 bits per heavy atom. The molecule has 0 aliphatic carbocycles. The van der Waals surface area contributed by atoms with Gasteiger partial charge in [-0.2, -0.15) is 0 Å². The van der Waals surface area contributed by atoms with E-state index in [0.717, 1.165) is 77.3 Å². The number of hydrogen-bond donors (Lipinski definition) is 0. The first kappa shape index (κ1) is 27.5. The quantitative estimate of drug-likeness (QED) is 0.190. The Hall–Kier alpha value is -6.58. The molecule has 0 saturated carbocycles. The molecule has 10 aromatic rings. The zero-order chi connectivity index (χ0) is 32.3. The van der Waals surface area contributed by atoms with Gasteiger partial charge in [0.2, 0.25) is 0 Å². The first-order chi connectivity index (χ1) is 24.3. The molecule has 2 heterocycles. The maximum Gasteiger partial charge on any atom is 0.159 e. The van der Waals surface area contributed by atoms with Crippen molar-refractivity contribution in [2.75, 3.05) is 4.90 Å². The molecule has 8 aromatic carbocycles. The minimum absolute atomic E-state index is 0.836. The number of benzene rings is 8. The third-order valence-electron chi connectivity index (χ3n) is 9.68. The van der Waals surface area contributed by atoms with E-state index in [-0.39, 0.29) is 0 Å². The van der Waals surface area contributed by atoms with Gasteiger partial charge in [0.15, 0.2) is 11.2 Å². The lowest BCUT2D eigenvalue weighted by molar-refractivity contribution is 0.667. The van der Waals surface area contributed by atoms with Crippen LogP contribution in [0.3, 0.4) is 0 Å². The van der Waals surface area contributed by atoms with Crippen LogP contribution in [0.1, 0.15) is 0 Å². The minimum Gasteiger partial charge on any atom is -0.454 e. The van der Waals surface area contributed by atoms with Gasteiger partial charge in [0.05, 0.1) is 11.4 Å². The molecular formula is C46H29NO2. The highest BCUT2D eigenvalue weighted by Crippen LogP contribution is 2.46. The Balaban J connectivity index is 1.16. The Bertz CT molecular complexity index is 2810. The molecule has 0 spiro atoms. The van der Waals surface area contributed by atoms with Gasteiger partial charge in [-0.25, -0.2) is 0 Å². The fourth-order valence-corrected chi connectivity index (χ4v) is 7.29. The van der Waals surface area contributed by atoms with Crippen LogP contribution in [0.15, 0.2) is 185 Å². The SMILES string of the molecule is c1ccc(-c2ccc(-c3ccc(N(c4cccc5c4oc4ccccc45)c4cccc5c4oc4c6ccccc6ccc54)cc3)cc2)cc1. The number of para-hydroxylation sites is 3. The zero-order valence-electron chi connectivity index (χ0n) is 26.5. The monoisotopic (exact) mass is 627 g/mol. The van der Waals surface area contributed by atoms with Crippen molar-refractivity contribution < 1.29 is 8.83 Å². The number of hydrogen-bond acceptors (Lipinski definition) is 3. The van der Waals surface area contributed by atoms with Crippen molar-refractivity contribution in [3.8, 4) is 22.3 Å². The van der Waals surface area contributed by atoms with Gasteiger partial charge in [0, 0.05) is 32.6 Å². The predicted molar refractivity (Wildman–Crippen MR) is 204 cm³/mol. The topological polar surface area (TPSA) is 29.5 Å². The Morgan fingerprint density at radius 3 is 1.53 bits per heavy atom. The van der Waals surface area contributed by atoms with Crippen molar-refractivity contribution in [1.29, 1.82) is 0 Å². The molecule has 49 heavy (non-hydrogen) atoms. The van der Waals surface area contributed by atoms with E-state index in [1.54, 1.807) is 0 Å². The minimum atomic E-state index is 0.836. The van der Waals surface area contributed by atoms with E-state index in [9.17, 15) is 0 Å². The molecule has 0 saturated heterocycles. The summed E-state index contributed by atoms with van der Waals surface area (Å²) in [6.45, 7) is 0.